The molecule has 62 heavy (non-hydrogen) atoms. The SMILES string of the molecule is CC\C=C/C=C/C=C/C=C\C=C\C=C\CCCC(CC(=O)NC(CO)C(O)CCCCCCCCCCCCCC)OC(=O)CCCCCCC/C=C/CCCCCCCCC. The summed E-state index contributed by atoms with van der Waals surface area (Å²) in [6, 6.07) is -0.731. The van der Waals surface area contributed by atoms with E-state index in [-0.39, 0.29) is 24.9 Å². The molecular formula is C56H97NO5. The summed E-state index contributed by atoms with van der Waals surface area (Å²) in [6.07, 6.45) is 63.6. The number of rotatable bonds is 45. The van der Waals surface area contributed by atoms with Crippen LogP contribution in [-0.2, 0) is 14.3 Å². The van der Waals surface area contributed by atoms with Gasteiger partial charge in [0.1, 0.15) is 6.10 Å². The highest BCUT2D eigenvalue weighted by molar-refractivity contribution is 5.77. The van der Waals surface area contributed by atoms with Crippen molar-refractivity contribution < 1.29 is 24.5 Å². The predicted octanol–water partition coefficient (Wildman–Crippen LogP) is 15.6. The third-order valence-corrected chi connectivity index (χ3v) is 11.4. The highest BCUT2D eigenvalue weighted by Crippen LogP contribution is 2.17. The van der Waals surface area contributed by atoms with Crippen molar-refractivity contribution in [2.75, 3.05) is 6.61 Å². The van der Waals surface area contributed by atoms with E-state index in [1.165, 1.54) is 122 Å². The van der Waals surface area contributed by atoms with Crippen molar-refractivity contribution >= 4 is 11.9 Å². The Kier molecular flexibility index (Phi) is 46.7. The van der Waals surface area contributed by atoms with Crippen LogP contribution < -0.4 is 5.32 Å². The number of ether oxygens (including phenoxy) is 1. The largest absolute Gasteiger partial charge is 0.462 e. The molecule has 0 radical (unpaired) electrons. The lowest BCUT2D eigenvalue weighted by Crippen LogP contribution is -2.46. The Bertz CT molecular complexity index is 1200. The summed E-state index contributed by atoms with van der Waals surface area (Å²) < 4.78 is 5.89. The Hall–Kier alpha value is -2.96. The van der Waals surface area contributed by atoms with Gasteiger partial charge in [0.25, 0.3) is 0 Å². The van der Waals surface area contributed by atoms with Crippen LogP contribution in [0.5, 0.6) is 0 Å². The molecule has 3 atom stereocenters. The van der Waals surface area contributed by atoms with Crippen molar-refractivity contribution in [1.82, 2.24) is 5.32 Å². The molecule has 0 aliphatic rings. The number of unbranched alkanes of at least 4 members (excludes halogenated alkanes) is 24. The number of allylic oxidation sites excluding steroid dienone is 14. The lowest BCUT2D eigenvalue weighted by Gasteiger charge is -2.24. The first kappa shape index (κ1) is 59.0. The van der Waals surface area contributed by atoms with Gasteiger partial charge in [0, 0.05) is 6.42 Å². The molecule has 0 aromatic rings. The third-order valence-electron chi connectivity index (χ3n) is 11.4. The first-order valence-corrected chi connectivity index (χ1v) is 25.9. The van der Waals surface area contributed by atoms with Gasteiger partial charge in [-0.15, -0.1) is 0 Å². The maximum absolute atomic E-state index is 13.2. The standard InChI is InChI=1S/C56H97NO5/c1-4-7-10-13-16-19-22-25-27-29-31-34-37-40-43-46-49-56(61)62-52(47-44-41-38-35-32-30-28-26-23-20-17-14-11-8-5-2)50-55(60)57-53(51-58)54(59)48-45-42-39-36-33-24-21-18-15-12-9-6-3/h8,11,14,17,20,23,26-30,32,35,38,52-54,58-59H,4-7,9-10,12-13,15-16,18-19,21-22,24-25,31,33-34,36-37,39-51H2,1-3H3,(H,57,60)/b11-8-,17-14+,23-20+,28-26-,29-27+,32-30+,38-35+. The zero-order chi connectivity index (χ0) is 45.2. The molecule has 0 aliphatic carbocycles. The minimum Gasteiger partial charge on any atom is -0.462 e. The molecule has 0 aliphatic heterocycles. The van der Waals surface area contributed by atoms with Crippen molar-refractivity contribution in [1.29, 1.82) is 0 Å². The predicted molar refractivity (Wildman–Crippen MR) is 268 cm³/mol. The topological polar surface area (TPSA) is 95.9 Å². The van der Waals surface area contributed by atoms with E-state index >= 15 is 0 Å². The number of hydrogen-bond acceptors (Lipinski definition) is 5. The van der Waals surface area contributed by atoms with Gasteiger partial charge in [-0.25, -0.2) is 0 Å². The number of hydrogen-bond donors (Lipinski definition) is 3. The van der Waals surface area contributed by atoms with Gasteiger partial charge in [-0.1, -0.05) is 241 Å². The summed E-state index contributed by atoms with van der Waals surface area (Å²) >= 11 is 0. The monoisotopic (exact) mass is 864 g/mol. The molecule has 0 saturated heterocycles. The van der Waals surface area contributed by atoms with Gasteiger partial charge in [0.2, 0.25) is 5.91 Å². The van der Waals surface area contributed by atoms with E-state index in [0.29, 0.717) is 19.3 Å². The van der Waals surface area contributed by atoms with E-state index in [1.54, 1.807) is 0 Å². The summed E-state index contributed by atoms with van der Waals surface area (Å²) in [6.45, 7) is 6.31. The summed E-state index contributed by atoms with van der Waals surface area (Å²) in [5.41, 5.74) is 0. The average molecular weight is 864 g/mol. The van der Waals surface area contributed by atoms with E-state index in [2.05, 4.69) is 50.4 Å². The van der Waals surface area contributed by atoms with Crippen LogP contribution in [0.25, 0.3) is 0 Å². The van der Waals surface area contributed by atoms with Crippen LogP contribution in [0.3, 0.4) is 0 Å². The first-order valence-electron chi connectivity index (χ1n) is 25.9. The maximum Gasteiger partial charge on any atom is 0.306 e. The molecule has 356 valence electrons. The van der Waals surface area contributed by atoms with Crippen LogP contribution in [0.15, 0.2) is 85.1 Å². The molecule has 6 nitrogen and oxygen atoms in total. The number of amides is 1. The lowest BCUT2D eigenvalue weighted by atomic mass is 10.0. The molecule has 0 aromatic heterocycles. The molecule has 0 rings (SSSR count). The second-order valence-corrected chi connectivity index (χ2v) is 17.3. The minimum absolute atomic E-state index is 0.0199. The molecule has 6 heteroatoms. The minimum atomic E-state index is -0.812. The van der Waals surface area contributed by atoms with Crippen LogP contribution in [-0.4, -0.2) is 46.9 Å². The smallest absolute Gasteiger partial charge is 0.306 e. The molecule has 0 fully saturated rings. The zero-order valence-electron chi connectivity index (χ0n) is 40.5. The lowest BCUT2D eigenvalue weighted by molar-refractivity contribution is -0.151. The molecule has 3 unspecified atom stereocenters. The van der Waals surface area contributed by atoms with Crippen LogP contribution in [0.1, 0.15) is 233 Å². The van der Waals surface area contributed by atoms with E-state index in [9.17, 15) is 19.8 Å². The van der Waals surface area contributed by atoms with Gasteiger partial charge >= 0.3 is 5.97 Å². The zero-order valence-corrected chi connectivity index (χ0v) is 40.5. The molecule has 0 saturated carbocycles. The van der Waals surface area contributed by atoms with E-state index in [0.717, 1.165) is 64.2 Å². The fourth-order valence-electron chi connectivity index (χ4n) is 7.46. The summed E-state index contributed by atoms with van der Waals surface area (Å²) in [5.74, 6) is -0.562. The Balaban J connectivity index is 4.74. The van der Waals surface area contributed by atoms with Crippen molar-refractivity contribution in [2.24, 2.45) is 0 Å². The van der Waals surface area contributed by atoms with Gasteiger partial charge in [-0.3, -0.25) is 9.59 Å². The number of aliphatic hydroxyl groups is 2. The molecule has 0 spiro atoms. The van der Waals surface area contributed by atoms with Gasteiger partial charge in [-0.2, -0.15) is 0 Å². The van der Waals surface area contributed by atoms with Crippen LogP contribution in [0, 0.1) is 0 Å². The fraction of sp³-hybridized carbons (Fsp3) is 0.714. The number of aliphatic hydroxyl groups excluding tert-OH is 2. The number of carbonyl (C=O) groups excluding carboxylic acids is 2. The average Bonchev–Trinajstić information content (AvgIpc) is 3.26. The van der Waals surface area contributed by atoms with E-state index in [4.69, 9.17) is 4.74 Å². The van der Waals surface area contributed by atoms with Crippen molar-refractivity contribution in [3.63, 3.8) is 0 Å². The molecule has 1 amide bonds. The Morgan fingerprint density at radius 3 is 1.39 bits per heavy atom. The number of esters is 1. The highest BCUT2D eigenvalue weighted by atomic mass is 16.5. The van der Waals surface area contributed by atoms with Crippen LogP contribution in [0.4, 0.5) is 0 Å². The van der Waals surface area contributed by atoms with Crippen LogP contribution in [0.2, 0.25) is 0 Å². The summed E-state index contributed by atoms with van der Waals surface area (Å²) in [4.78, 5) is 26.1. The second kappa shape index (κ2) is 49.1. The van der Waals surface area contributed by atoms with Crippen molar-refractivity contribution in [3.05, 3.63) is 85.1 Å². The van der Waals surface area contributed by atoms with Crippen LogP contribution >= 0.6 is 0 Å². The molecule has 0 bridgehead atoms. The molecule has 0 aromatic carbocycles. The third kappa shape index (κ3) is 43.7. The van der Waals surface area contributed by atoms with Gasteiger partial charge in [-0.05, 0) is 64.2 Å². The fourth-order valence-corrected chi connectivity index (χ4v) is 7.46. The normalized spacial score (nSPS) is 14.0. The Labute approximate surface area is 383 Å². The molecule has 0 heterocycles. The van der Waals surface area contributed by atoms with Crippen molar-refractivity contribution in [3.8, 4) is 0 Å². The van der Waals surface area contributed by atoms with Gasteiger partial charge in [0.05, 0.1) is 25.2 Å². The van der Waals surface area contributed by atoms with E-state index in [1.807, 2.05) is 60.8 Å². The molecular weight excluding hydrogens is 767 g/mol. The second-order valence-electron chi connectivity index (χ2n) is 17.3. The summed E-state index contributed by atoms with van der Waals surface area (Å²) in [5, 5.41) is 23.7. The Morgan fingerprint density at radius 2 is 0.903 bits per heavy atom. The van der Waals surface area contributed by atoms with Crippen molar-refractivity contribution in [2.45, 2.75) is 251 Å². The van der Waals surface area contributed by atoms with E-state index < -0.39 is 18.2 Å². The highest BCUT2D eigenvalue weighted by Gasteiger charge is 2.24. The number of carbonyl (C=O) groups is 2. The quantitative estimate of drug-likeness (QED) is 0.0245. The maximum atomic E-state index is 13.2. The molecule has 3 N–H and O–H groups in total. The van der Waals surface area contributed by atoms with Gasteiger partial charge < -0.3 is 20.3 Å². The van der Waals surface area contributed by atoms with Gasteiger partial charge in [0.15, 0.2) is 0 Å². The summed E-state index contributed by atoms with van der Waals surface area (Å²) in [7, 11) is 0. The first-order chi connectivity index (χ1) is 30.5. The number of nitrogens with one attached hydrogen (secondary N) is 1. The Morgan fingerprint density at radius 1 is 0.484 bits per heavy atom.